The number of halogens is 1. The van der Waals surface area contributed by atoms with Gasteiger partial charge in [0.2, 0.25) is 0 Å². The van der Waals surface area contributed by atoms with E-state index in [1.165, 1.54) is 12.3 Å². The number of nitrogens with zero attached hydrogens (tertiary/aromatic N) is 1. The van der Waals surface area contributed by atoms with E-state index in [9.17, 15) is 24.6 Å². The topological polar surface area (TPSA) is 143 Å². The Morgan fingerprint density at radius 3 is 2.71 bits per heavy atom. The number of ether oxygens (including phenoxy) is 2. The summed E-state index contributed by atoms with van der Waals surface area (Å²) < 4.78 is 11.8. The van der Waals surface area contributed by atoms with Crippen molar-refractivity contribution in [2.24, 2.45) is 5.92 Å². The summed E-state index contributed by atoms with van der Waals surface area (Å²) in [7, 11) is 0. The molecule has 0 saturated carbocycles. The number of aromatic amines is 1. The highest BCUT2D eigenvalue weighted by atomic mass is 35.5. The third kappa shape index (κ3) is 4.36. The molecule has 28 heavy (non-hydrogen) atoms. The molecule has 0 spiro atoms. The van der Waals surface area contributed by atoms with E-state index in [4.69, 9.17) is 21.1 Å². The maximum atomic E-state index is 12.1. The zero-order valence-electron chi connectivity index (χ0n) is 14.9. The van der Waals surface area contributed by atoms with Gasteiger partial charge in [-0.15, -0.1) is 0 Å². The minimum atomic E-state index is -1.46. The SMILES string of the molecule is O=C(OC[C@H]1O[C@@H](n2cc(/C=C/Cl)c(=O)[nH]c2=O)[C@@H](O)[C@@H]1O)C1CCNCC1. The van der Waals surface area contributed by atoms with Gasteiger partial charge >= 0.3 is 11.7 Å². The van der Waals surface area contributed by atoms with Gasteiger partial charge in [-0.2, -0.15) is 0 Å². The molecular weight excluding hydrogens is 394 g/mol. The van der Waals surface area contributed by atoms with Crippen LogP contribution < -0.4 is 16.6 Å². The predicted molar refractivity (Wildman–Crippen MR) is 98.7 cm³/mol. The molecule has 3 heterocycles. The number of carbonyl (C=O) groups is 1. The number of hydrogen-bond acceptors (Lipinski definition) is 8. The second-order valence-corrected chi connectivity index (χ2v) is 7.00. The first-order chi connectivity index (χ1) is 13.4. The number of aromatic nitrogens is 2. The highest BCUT2D eigenvalue weighted by Crippen LogP contribution is 2.29. The number of piperidine rings is 1. The zero-order valence-corrected chi connectivity index (χ0v) is 15.7. The van der Waals surface area contributed by atoms with Gasteiger partial charge in [0.15, 0.2) is 6.23 Å². The lowest BCUT2D eigenvalue weighted by Gasteiger charge is -2.22. The van der Waals surface area contributed by atoms with Gasteiger partial charge < -0.3 is 25.0 Å². The van der Waals surface area contributed by atoms with Crippen LogP contribution in [-0.4, -0.2) is 63.7 Å². The van der Waals surface area contributed by atoms with Crippen molar-refractivity contribution in [2.45, 2.75) is 37.4 Å². The minimum absolute atomic E-state index is 0.0701. The molecule has 0 radical (unpaired) electrons. The molecule has 2 aliphatic rings. The summed E-state index contributed by atoms with van der Waals surface area (Å²) in [5.41, 5.74) is -0.303. The molecule has 154 valence electrons. The fourth-order valence-electron chi connectivity index (χ4n) is 3.31. The summed E-state index contributed by atoms with van der Waals surface area (Å²) >= 11 is 5.48. The Hall–Kier alpha value is -1.98. The Kier molecular flexibility index (Phi) is 6.68. The lowest BCUT2D eigenvalue weighted by molar-refractivity contribution is -0.155. The smallest absolute Gasteiger partial charge is 0.330 e. The molecule has 0 aliphatic carbocycles. The fraction of sp³-hybridized carbons (Fsp3) is 0.588. The number of H-pyrrole nitrogens is 1. The first-order valence-electron chi connectivity index (χ1n) is 8.93. The first kappa shape index (κ1) is 20.7. The van der Waals surface area contributed by atoms with Gasteiger partial charge in [0.25, 0.3) is 5.56 Å². The maximum Gasteiger partial charge on any atom is 0.330 e. The van der Waals surface area contributed by atoms with E-state index in [0.717, 1.165) is 23.2 Å². The Balaban J connectivity index is 1.70. The number of nitrogens with one attached hydrogen (secondary N) is 2. The maximum absolute atomic E-state index is 12.1. The van der Waals surface area contributed by atoms with Crippen molar-refractivity contribution in [3.8, 4) is 0 Å². The summed E-state index contributed by atoms with van der Waals surface area (Å²) in [5.74, 6) is -0.599. The molecule has 11 heteroatoms. The van der Waals surface area contributed by atoms with Crippen LogP contribution in [0.2, 0.25) is 0 Å². The van der Waals surface area contributed by atoms with Crippen LogP contribution in [-0.2, 0) is 14.3 Å². The Morgan fingerprint density at radius 1 is 1.32 bits per heavy atom. The van der Waals surface area contributed by atoms with E-state index >= 15 is 0 Å². The summed E-state index contributed by atoms with van der Waals surface area (Å²) in [5, 5.41) is 23.7. The van der Waals surface area contributed by atoms with Crippen LogP contribution in [0, 0.1) is 5.92 Å². The molecule has 1 aromatic heterocycles. The molecular formula is C17H22ClN3O7. The van der Waals surface area contributed by atoms with Gasteiger partial charge in [0, 0.05) is 11.7 Å². The molecule has 2 fully saturated rings. The highest BCUT2D eigenvalue weighted by molar-refractivity contribution is 6.27. The number of carbonyl (C=O) groups excluding carboxylic acids is 1. The van der Waals surface area contributed by atoms with Crippen LogP contribution in [0.5, 0.6) is 0 Å². The predicted octanol–water partition coefficient (Wildman–Crippen LogP) is -1.09. The average molecular weight is 416 g/mol. The van der Waals surface area contributed by atoms with Crippen LogP contribution in [0.15, 0.2) is 21.3 Å². The molecule has 0 unspecified atom stereocenters. The van der Waals surface area contributed by atoms with Crippen LogP contribution in [0.4, 0.5) is 0 Å². The van der Waals surface area contributed by atoms with Crippen molar-refractivity contribution in [2.75, 3.05) is 19.7 Å². The van der Waals surface area contributed by atoms with Crippen molar-refractivity contribution >= 4 is 23.6 Å². The van der Waals surface area contributed by atoms with Crippen molar-refractivity contribution in [3.63, 3.8) is 0 Å². The first-order valence-corrected chi connectivity index (χ1v) is 9.37. The Bertz CT molecular complexity index is 846. The molecule has 1 aromatic rings. The van der Waals surface area contributed by atoms with Crippen molar-refractivity contribution in [1.82, 2.24) is 14.9 Å². The highest BCUT2D eigenvalue weighted by Gasteiger charge is 2.45. The Labute approximate surface area is 164 Å². The quantitative estimate of drug-likeness (QED) is 0.444. The molecule has 0 aromatic carbocycles. The van der Waals surface area contributed by atoms with Gasteiger partial charge in [0.05, 0.1) is 11.5 Å². The molecule has 0 bridgehead atoms. The zero-order chi connectivity index (χ0) is 20.3. The van der Waals surface area contributed by atoms with Crippen molar-refractivity contribution in [3.05, 3.63) is 38.1 Å². The number of aliphatic hydroxyl groups excluding tert-OH is 2. The van der Waals surface area contributed by atoms with E-state index < -0.39 is 35.8 Å². The van der Waals surface area contributed by atoms with Crippen LogP contribution >= 0.6 is 11.6 Å². The van der Waals surface area contributed by atoms with Crippen molar-refractivity contribution in [1.29, 1.82) is 0 Å². The molecule has 2 aliphatic heterocycles. The van der Waals surface area contributed by atoms with Gasteiger partial charge in [-0.1, -0.05) is 11.6 Å². The summed E-state index contributed by atoms with van der Waals surface area (Å²) in [6, 6.07) is 0. The standard InChI is InChI=1S/C17H22ClN3O7/c18-4-1-10-7-21(17(26)20-14(10)24)15-13(23)12(22)11(28-15)8-27-16(25)9-2-5-19-6-3-9/h1,4,7,9,11-13,15,19,22-23H,2-3,5-6,8H2,(H,20,24,26)/b4-1+/t11-,12-,13+,15-/m1/s1. The van der Waals surface area contributed by atoms with Crippen molar-refractivity contribution < 1.29 is 24.5 Å². The average Bonchev–Trinajstić information content (AvgIpc) is 2.97. The number of aliphatic hydroxyl groups is 2. The van der Waals surface area contributed by atoms with Gasteiger partial charge in [0.1, 0.15) is 24.9 Å². The van der Waals surface area contributed by atoms with Crippen LogP contribution in [0.3, 0.4) is 0 Å². The lowest BCUT2D eigenvalue weighted by atomic mass is 9.98. The number of rotatable bonds is 5. The summed E-state index contributed by atoms with van der Waals surface area (Å²) in [6.45, 7) is 1.21. The largest absolute Gasteiger partial charge is 0.463 e. The monoisotopic (exact) mass is 415 g/mol. The third-order valence-electron chi connectivity index (χ3n) is 4.91. The second-order valence-electron chi connectivity index (χ2n) is 6.74. The van der Waals surface area contributed by atoms with E-state index in [1.807, 2.05) is 0 Å². The molecule has 4 atom stereocenters. The lowest BCUT2D eigenvalue weighted by Crippen LogP contribution is -2.38. The van der Waals surface area contributed by atoms with Gasteiger partial charge in [-0.05, 0) is 32.0 Å². The van der Waals surface area contributed by atoms with E-state index in [0.29, 0.717) is 12.8 Å². The number of esters is 1. The fourth-order valence-corrected chi connectivity index (χ4v) is 3.45. The van der Waals surface area contributed by atoms with E-state index in [2.05, 4.69) is 10.3 Å². The minimum Gasteiger partial charge on any atom is -0.463 e. The summed E-state index contributed by atoms with van der Waals surface area (Å²) in [4.78, 5) is 38.1. The molecule has 10 nitrogen and oxygen atoms in total. The molecule has 0 amide bonds. The molecule has 2 saturated heterocycles. The van der Waals surface area contributed by atoms with Crippen LogP contribution in [0.25, 0.3) is 6.08 Å². The normalized spacial score (nSPS) is 28.7. The molecule has 3 rings (SSSR count). The molecule has 4 N–H and O–H groups in total. The van der Waals surface area contributed by atoms with Gasteiger partial charge in [-0.3, -0.25) is 19.1 Å². The number of hydrogen-bond donors (Lipinski definition) is 4. The summed E-state index contributed by atoms with van der Waals surface area (Å²) in [6.07, 6.45) is -1.34. The van der Waals surface area contributed by atoms with E-state index in [-0.39, 0.29) is 24.1 Å². The van der Waals surface area contributed by atoms with Gasteiger partial charge in [-0.25, -0.2) is 4.79 Å². The Morgan fingerprint density at radius 2 is 2.04 bits per heavy atom. The van der Waals surface area contributed by atoms with E-state index in [1.54, 1.807) is 0 Å². The third-order valence-corrected chi connectivity index (χ3v) is 5.04. The second kappa shape index (κ2) is 9.01. The van der Waals surface area contributed by atoms with Crippen LogP contribution in [0.1, 0.15) is 24.6 Å².